The molecule has 0 aliphatic carbocycles. The molecule has 122 valence electrons. The maximum Gasteiger partial charge on any atom is 0.183 e. The van der Waals surface area contributed by atoms with Gasteiger partial charge in [-0.2, -0.15) is 0 Å². The Morgan fingerprint density at radius 2 is 2.04 bits per heavy atom. The number of halogens is 1. The molecule has 2 rings (SSSR count). The van der Waals surface area contributed by atoms with E-state index in [9.17, 15) is 9.18 Å². The average Bonchev–Trinajstić information content (AvgIpc) is 2.52. The van der Waals surface area contributed by atoms with Crippen molar-refractivity contribution < 1.29 is 18.1 Å². The third-order valence-corrected chi connectivity index (χ3v) is 4.05. The summed E-state index contributed by atoms with van der Waals surface area (Å²) in [5.41, 5.74) is 1.86. The number of hydrogen-bond donors (Lipinski definition) is 0. The van der Waals surface area contributed by atoms with Gasteiger partial charge in [0.1, 0.15) is 11.6 Å². The third kappa shape index (κ3) is 4.48. The Balaban J connectivity index is 2.32. The van der Waals surface area contributed by atoms with E-state index in [1.807, 2.05) is 13.0 Å². The highest BCUT2D eigenvalue weighted by atomic mass is 32.2. The van der Waals surface area contributed by atoms with Crippen LogP contribution in [0.3, 0.4) is 0 Å². The highest BCUT2D eigenvalue weighted by Gasteiger charge is 2.16. The summed E-state index contributed by atoms with van der Waals surface area (Å²) in [7, 11) is 1.57. The molecule has 0 atom stereocenters. The first-order valence-corrected chi connectivity index (χ1v) is 8.07. The van der Waals surface area contributed by atoms with Crippen LogP contribution in [0.2, 0.25) is 0 Å². The maximum atomic E-state index is 13.3. The van der Waals surface area contributed by atoms with Crippen molar-refractivity contribution in [3.8, 4) is 11.5 Å². The van der Waals surface area contributed by atoms with E-state index in [1.54, 1.807) is 32.2 Å². The second-order valence-corrected chi connectivity index (χ2v) is 5.90. The Kier molecular flexibility index (Phi) is 6.04. The van der Waals surface area contributed by atoms with Crippen LogP contribution in [0.25, 0.3) is 0 Å². The molecule has 0 radical (unpaired) electrons. The van der Waals surface area contributed by atoms with Crippen LogP contribution in [-0.4, -0.2) is 12.9 Å². The van der Waals surface area contributed by atoms with Gasteiger partial charge in [-0.1, -0.05) is 19.1 Å². The van der Waals surface area contributed by atoms with Crippen LogP contribution in [0, 0.1) is 5.82 Å². The highest BCUT2D eigenvalue weighted by Crippen LogP contribution is 2.38. The molecular formula is C18H19FO3S. The number of carbonyl (C=O) groups excluding carboxylic acids is 1. The van der Waals surface area contributed by atoms with Crippen LogP contribution in [0.4, 0.5) is 4.39 Å². The largest absolute Gasteiger partial charge is 0.493 e. The van der Waals surface area contributed by atoms with Crippen LogP contribution in [0.5, 0.6) is 11.5 Å². The summed E-state index contributed by atoms with van der Waals surface area (Å²) in [6.07, 6.45) is 1.06. The minimum atomic E-state index is -0.313. The Hall–Kier alpha value is -2.01. The smallest absolute Gasteiger partial charge is 0.183 e. The first-order valence-electron chi connectivity index (χ1n) is 7.33. The lowest BCUT2D eigenvalue weighted by Crippen LogP contribution is -2.03. The van der Waals surface area contributed by atoms with Gasteiger partial charge in [0.25, 0.3) is 0 Å². The fourth-order valence-electron chi connectivity index (χ4n) is 2.33. The van der Waals surface area contributed by atoms with Crippen molar-refractivity contribution in [2.45, 2.75) is 31.6 Å². The molecule has 3 nitrogen and oxygen atoms in total. The highest BCUT2D eigenvalue weighted by molar-refractivity contribution is 7.95. The van der Waals surface area contributed by atoms with E-state index < -0.39 is 0 Å². The molecule has 0 saturated carbocycles. The molecule has 0 aliphatic heterocycles. The molecule has 0 aliphatic rings. The SMILES string of the molecule is CCc1c(CC(C)=O)ccc(OC)c1OSc1cccc(F)c1. The molecule has 2 aromatic carbocycles. The molecule has 23 heavy (non-hydrogen) atoms. The summed E-state index contributed by atoms with van der Waals surface area (Å²) in [5, 5.41) is 0. The van der Waals surface area contributed by atoms with Crippen molar-refractivity contribution in [3.05, 3.63) is 53.3 Å². The molecule has 0 N–H and O–H groups in total. The number of benzene rings is 2. The van der Waals surface area contributed by atoms with Crippen LogP contribution in [0.1, 0.15) is 25.0 Å². The average molecular weight is 334 g/mol. The van der Waals surface area contributed by atoms with E-state index >= 15 is 0 Å². The molecule has 0 amide bonds. The van der Waals surface area contributed by atoms with Crippen LogP contribution in [-0.2, 0) is 17.6 Å². The normalized spacial score (nSPS) is 10.4. The Bertz CT molecular complexity index is 701. The molecule has 0 spiro atoms. The lowest BCUT2D eigenvalue weighted by molar-refractivity contribution is -0.116. The molecule has 5 heteroatoms. The number of hydrogen-bond acceptors (Lipinski definition) is 4. The zero-order valence-corrected chi connectivity index (χ0v) is 14.2. The van der Waals surface area contributed by atoms with Crippen molar-refractivity contribution in [1.82, 2.24) is 0 Å². The summed E-state index contributed by atoms with van der Waals surface area (Å²) in [5.74, 6) is 0.960. The zero-order chi connectivity index (χ0) is 16.8. The molecule has 0 fully saturated rings. The van der Waals surface area contributed by atoms with Crippen LogP contribution >= 0.6 is 12.0 Å². The number of ether oxygens (including phenoxy) is 1. The van der Waals surface area contributed by atoms with E-state index in [0.717, 1.165) is 23.2 Å². The molecule has 2 aromatic rings. The number of carbonyl (C=O) groups is 1. The van der Waals surface area contributed by atoms with Crippen molar-refractivity contribution >= 4 is 17.8 Å². The maximum absolute atomic E-state index is 13.3. The van der Waals surface area contributed by atoms with Gasteiger partial charge in [0, 0.05) is 12.0 Å². The lowest BCUT2D eigenvalue weighted by atomic mass is 9.99. The topological polar surface area (TPSA) is 35.5 Å². The number of methoxy groups -OCH3 is 1. The van der Waals surface area contributed by atoms with E-state index in [4.69, 9.17) is 8.92 Å². The predicted molar refractivity (Wildman–Crippen MR) is 89.6 cm³/mol. The van der Waals surface area contributed by atoms with Gasteiger partial charge in [-0.05, 0) is 43.2 Å². The van der Waals surface area contributed by atoms with Gasteiger partial charge in [0.15, 0.2) is 11.5 Å². The summed E-state index contributed by atoms with van der Waals surface area (Å²) in [6, 6.07) is 9.87. The van der Waals surface area contributed by atoms with Crippen molar-refractivity contribution in [2.75, 3.05) is 7.11 Å². The molecule has 0 heterocycles. The van der Waals surface area contributed by atoms with Gasteiger partial charge in [0.05, 0.1) is 24.0 Å². The van der Waals surface area contributed by atoms with Gasteiger partial charge in [-0.15, -0.1) is 0 Å². The zero-order valence-electron chi connectivity index (χ0n) is 13.4. The number of Topliss-reactive ketones (excluding diaryl/α,β-unsaturated/α-hetero) is 1. The van der Waals surface area contributed by atoms with Gasteiger partial charge in [-0.25, -0.2) is 4.39 Å². The molecule has 0 unspecified atom stereocenters. The monoisotopic (exact) mass is 334 g/mol. The fraction of sp³-hybridized carbons (Fsp3) is 0.278. The standard InChI is InChI=1S/C18H19FO3S/c1-4-16-13(10-12(2)20)8-9-17(21-3)18(16)22-23-15-7-5-6-14(19)11-15/h5-9,11H,4,10H2,1-3H3. The lowest BCUT2D eigenvalue weighted by Gasteiger charge is -2.16. The van der Waals surface area contributed by atoms with Gasteiger partial charge < -0.3 is 8.92 Å². The predicted octanol–water partition coefficient (Wildman–Crippen LogP) is 4.61. The first-order chi connectivity index (χ1) is 11.0. The van der Waals surface area contributed by atoms with E-state index in [0.29, 0.717) is 29.2 Å². The van der Waals surface area contributed by atoms with Crippen LogP contribution in [0.15, 0.2) is 41.3 Å². The van der Waals surface area contributed by atoms with E-state index in [-0.39, 0.29) is 11.6 Å². The first kappa shape index (κ1) is 17.3. The quantitative estimate of drug-likeness (QED) is 0.693. The molecule has 0 saturated heterocycles. The van der Waals surface area contributed by atoms with Crippen molar-refractivity contribution in [3.63, 3.8) is 0 Å². The second kappa shape index (κ2) is 8.02. The number of rotatable bonds is 7. The second-order valence-electron chi connectivity index (χ2n) is 5.09. The Labute approximate surface area is 140 Å². The van der Waals surface area contributed by atoms with Gasteiger partial charge in [-0.3, -0.25) is 4.79 Å². The third-order valence-electron chi connectivity index (χ3n) is 3.35. The van der Waals surface area contributed by atoms with E-state index in [1.165, 1.54) is 12.1 Å². The molecular weight excluding hydrogens is 315 g/mol. The van der Waals surface area contributed by atoms with Crippen molar-refractivity contribution in [1.29, 1.82) is 0 Å². The Morgan fingerprint density at radius 1 is 1.26 bits per heavy atom. The van der Waals surface area contributed by atoms with Crippen LogP contribution < -0.4 is 8.92 Å². The summed E-state index contributed by atoms with van der Waals surface area (Å²) in [6.45, 7) is 3.56. The summed E-state index contributed by atoms with van der Waals surface area (Å²) in [4.78, 5) is 12.1. The molecule has 0 aromatic heterocycles. The summed E-state index contributed by atoms with van der Waals surface area (Å²) < 4.78 is 24.5. The molecule has 0 bridgehead atoms. The number of ketones is 1. The van der Waals surface area contributed by atoms with Gasteiger partial charge >= 0.3 is 0 Å². The van der Waals surface area contributed by atoms with Gasteiger partial charge in [0.2, 0.25) is 0 Å². The van der Waals surface area contributed by atoms with Crippen molar-refractivity contribution in [2.24, 2.45) is 0 Å². The Morgan fingerprint density at radius 3 is 2.65 bits per heavy atom. The minimum absolute atomic E-state index is 0.0913. The van der Waals surface area contributed by atoms with E-state index in [2.05, 4.69) is 0 Å². The minimum Gasteiger partial charge on any atom is -0.493 e. The summed E-state index contributed by atoms with van der Waals surface area (Å²) >= 11 is 1.07. The fourth-order valence-corrected chi connectivity index (χ4v) is 2.99.